The van der Waals surface area contributed by atoms with Gasteiger partial charge in [-0.3, -0.25) is 18.6 Å². The lowest BCUT2D eigenvalue weighted by atomic mass is 10.0. The Morgan fingerprint density at radius 1 is 0.643 bits per heavy atom. The largest absolute Gasteiger partial charge is 0.472 e. The fourth-order valence-electron chi connectivity index (χ4n) is 4.46. The van der Waals surface area contributed by atoms with Crippen LogP contribution in [0.15, 0.2) is 0 Å². The quantitative estimate of drug-likeness (QED) is 0.0370. The van der Waals surface area contributed by atoms with Crippen molar-refractivity contribution in [2.75, 3.05) is 47.5 Å². The molecule has 10 heteroatoms. The molecule has 9 nitrogen and oxygen atoms in total. The zero-order valence-corrected chi connectivity index (χ0v) is 28.6. The van der Waals surface area contributed by atoms with Crippen LogP contribution >= 0.6 is 7.82 Å². The first-order valence-electron chi connectivity index (χ1n) is 16.8. The van der Waals surface area contributed by atoms with E-state index in [0.29, 0.717) is 23.9 Å². The molecule has 0 bridgehead atoms. The van der Waals surface area contributed by atoms with Gasteiger partial charge in [0, 0.05) is 12.8 Å². The highest BCUT2D eigenvalue weighted by Crippen LogP contribution is 2.43. The number of rotatable bonds is 30. The second-order valence-corrected chi connectivity index (χ2v) is 14.0. The zero-order chi connectivity index (χ0) is 31.5. The van der Waals surface area contributed by atoms with Gasteiger partial charge >= 0.3 is 19.8 Å². The summed E-state index contributed by atoms with van der Waals surface area (Å²) in [6.45, 7) is 4.02. The monoisotopic (exact) mass is 622 g/mol. The Hall–Kier alpha value is -0.990. The minimum absolute atomic E-state index is 0.0336. The molecule has 0 radical (unpaired) electrons. The van der Waals surface area contributed by atoms with Crippen molar-refractivity contribution in [3.63, 3.8) is 0 Å². The number of phosphoric acid groups is 1. The van der Waals surface area contributed by atoms with Crippen LogP contribution in [-0.4, -0.2) is 74.9 Å². The Kier molecular flexibility index (Phi) is 25.8. The maximum atomic E-state index is 12.2. The van der Waals surface area contributed by atoms with E-state index in [4.69, 9.17) is 18.5 Å². The smallest absolute Gasteiger partial charge is 0.462 e. The maximum absolute atomic E-state index is 12.2. The lowest BCUT2D eigenvalue weighted by Crippen LogP contribution is -2.37. The van der Waals surface area contributed by atoms with Crippen molar-refractivity contribution in [3.05, 3.63) is 0 Å². The van der Waals surface area contributed by atoms with Gasteiger partial charge in [0.2, 0.25) is 0 Å². The molecule has 0 fully saturated rings. The minimum atomic E-state index is -4.33. The van der Waals surface area contributed by atoms with Crippen LogP contribution in [0.3, 0.4) is 0 Å². The molecule has 0 amide bonds. The summed E-state index contributed by atoms with van der Waals surface area (Å²) in [7, 11) is 1.48. The van der Waals surface area contributed by atoms with Gasteiger partial charge in [0.25, 0.3) is 0 Å². The second-order valence-electron chi connectivity index (χ2n) is 12.6. The van der Waals surface area contributed by atoms with Crippen LogP contribution < -0.4 is 0 Å². The molecule has 250 valence electrons. The van der Waals surface area contributed by atoms with Gasteiger partial charge in [0.15, 0.2) is 6.10 Å². The van der Waals surface area contributed by atoms with E-state index in [0.717, 1.165) is 19.3 Å². The zero-order valence-electron chi connectivity index (χ0n) is 27.7. The molecule has 1 unspecified atom stereocenters. The number of likely N-dealkylation sites (N-methyl/N-ethyl adjacent to an activating group) is 1. The van der Waals surface area contributed by atoms with E-state index in [1.807, 2.05) is 28.1 Å². The molecule has 0 aliphatic carbocycles. The fourth-order valence-corrected chi connectivity index (χ4v) is 5.20. The number of carbonyl (C=O) groups excluding carboxylic acids is 2. The Bertz CT molecular complexity index is 713. The number of quaternary nitrogens is 1. The van der Waals surface area contributed by atoms with Crippen LogP contribution in [0.1, 0.15) is 142 Å². The lowest BCUT2D eigenvalue weighted by Gasteiger charge is -2.24. The molecule has 0 spiro atoms. The SMILES string of the molecule is CCCCCCCCCCCCCCCCCCCC(=O)OC[C@H](COP(=O)(O)OCC[N+](C)(C)C)OC(=O)CCC. The minimum Gasteiger partial charge on any atom is -0.462 e. The Morgan fingerprint density at radius 2 is 1.12 bits per heavy atom. The molecule has 42 heavy (non-hydrogen) atoms. The van der Waals surface area contributed by atoms with Crippen LogP contribution in [0.2, 0.25) is 0 Å². The third-order valence-electron chi connectivity index (χ3n) is 7.11. The number of hydrogen-bond acceptors (Lipinski definition) is 7. The first-order chi connectivity index (χ1) is 20.0. The van der Waals surface area contributed by atoms with Crippen molar-refractivity contribution in [2.24, 2.45) is 0 Å². The topological polar surface area (TPSA) is 108 Å². The van der Waals surface area contributed by atoms with E-state index in [1.165, 1.54) is 89.9 Å². The summed E-state index contributed by atoms with van der Waals surface area (Å²) >= 11 is 0. The van der Waals surface area contributed by atoms with E-state index < -0.39 is 26.5 Å². The van der Waals surface area contributed by atoms with E-state index in [9.17, 15) is 19.0 Å². The molecule has 0 aliphatic heterocycles. The summed E-state index contributed by atoms with van der Waals surface area (Å²) in [5, 5.41) is 0. The number of esters is 2. The lowest BCUT2D eigenvalue weighted by molar-refractivity contribution is -0.870. The third kappa shape index (κ3) is 29.1. The second kappa shape index (κ2) is 26.4. The highest BCUT2D eigenvalue weighted by molar-refractivity contribution is 7.47. The molecule has 0 aromatic rings. The van der Waals surface area contributed by atoms with Crippen LogP contribution in [0.25, 0.3) is 0 Å². The normalized spacial score (nSPS) is 14.0. The van der Waals surface area contributed by atoms with Crippen molar-refractivity contribution in [2.45, 2.75) is 148 Å². The summed E-state index contributed by atoms with van der Waals surface area (Å²) in [6, 6.07) is 0. The summed E-state index contributed by atoms with van der Waals surface area (Å²) in [4.78, 5) is 34.1. The highest BCUT2D eigenvalue weighted by Gasteiger charge is 2.26. The van der Waals surface area contributed by atoms with Gasteiger partial charge < -0.3 is 18.9 Å². The van der Waals surface area contributed by atoms with Crippen LogP contribution in [0, 0.1) is 0 Å². The molecule has 0 saturated heterocycles. The molecular formula is C32H65NO8P+. The molecule has 0 aromatic heterocycles. The van der Waals surface area contributed by atoms with Gasteiger partial charge in [-0.1, -0.05) is 117 Å². The summed E-state index contributed by atoms with van der Waals surface area (Å²) in [6.07, 6.45) is 21.8. The van der Waals surface area contributed by atoms with E-state index in [2.05, 4.69) is 6.92 Å². The molecule has 0 heterocycles. The highest BCUT2D eigenvalue weighted by atomic mass is 31.2. The predicted octanol–water partition coefficient (Wildman–Crippen LogP) is 8.12. The van der Waals surface area contributed by atoms with E-state index >= 15 is 0 Å². The van der Waals surface area contributed by atoms with Crippen LogP contribution in [0.4, 0.5) is 0 Å². The predicted molar refractivity (Wildman–Crippen MR) is 169 cm³/mol. The van der Waals surface area contributed by atoms with Gasteiger partial charge in [0.1, 0.15) is 19.8 Å². The molecule has 0 rings (SSSR count). The summed E-state index contributed by atoms with van der Waals surface area (Å²) in [5.41, 5.74) is 0. The summed E-state index contributed by atoms with van der Waals surface area (Å²) in [5.74, 6) is -0.854. The van der Waals surface area contributed by atoms with Gasteiger partial charge in [0.05, 0.1) is 27.7 Å². The van der Waals surface area contributed by atoms with Crippen LogP contribution in [-0.2, 0) is 32.7 Å². The molecule has 2 atom stereocenters. The Balaban J connectivity index is 3.97. The van der Waals surface area contributed by atoms with Crippen molar-refractivity contribution in [3.8, 4) is 0 Å². The fraction of sp³-hybridized carbons (Fsp3) is 0.938. The van der Waals surface area contributed by atoms with Crippen molar-refractivity contribution < 1.29 is 42.1 Å². The molecule has 1 N–H and O–H groups in total. The number of nitrogens with zero attached hydrogens (tertiary/aromatic N) is 1. The summed E-state index contributed by atoms with van der Waals surface area (Å²) < 4.78 is 33.4. The van der Waals surface area contributed by atoms with E-state index in [-0.39, 0.29) is 25.6 Å². The third-order valence-corrected chi connectivity index (χ3v) is 8.09. The van der Waals surface area contributed by atoms with Crippen molar-refractivity contribution in [1.29, 1.82) is 0 Å². The molecule has 0 aliphatic rings. The van der Waals surface area contributed by atoms with Crippen molar-refractivity contribution in [1.82, 2.24) is 0 Å². The number of carbonyl (C=O) groups is 2. The molecular weight excluding hydrogens is 557 g/mol. The van der Waals surface area contributed by atoms with Crippen LogP contribution in [0.5, 0.6) is 0 Å². The van der Waals surface area contributed by atoms with Gasteiger partial charge in [-0.15, -0.1) is 0 Å². The average molecular weight is 623 g/mol. The first kappa shape index (κ1) is 41.0. The Morgan fingerprint density at radius 3 is 1.57 bits per heavy atom. The van der Waals surface area contributed by atoms with Gasteiger partial charge in [-0.2, -0.15) is 0 Å². The number of unbranched alkanes of at least 4 members (excludes halogenated alkanes) is 16. The first-order valence-corrected chi connectivity index (χ1v) is 18.3. The molecule has 0 aromatic carbocycles. The Labute approximate surface area is 257 Å². The number of phosphoric ester groups is 1. The average Bonchev–Trinajstić information content (AvgIpc) is 2.91. The maximum Gasteiger partial charge on any atom is 0.472 e. The molecule has 0 saturated carbocycles. The van der Waals surface area contributed by atoms with Gasteiger partial charge in [-0.05, 0) is 12.8 Å². The van der Waals surface area contributed by atoms with Gasteiger partial charge in [-0.25, -0.2) is 4.57 Å². The van der Waals surface area contributed by atoms with Crippen molar-refractivity contribution >= 4 is 19.8 Å². The number of hydrogen-bond donors (Lipinski definition) is 1. The van der Waals surface area contributed by atoms with E-state index in [1.54, 1.807) is 0 Å². The standard InChI is InChI=1S/C32H64NO8P/c1-6-8-9-10-11-12-13-14-15-16-17-18-19-20-21-22-23-25-31(34)38-28-30(41-32(35)24-7-2)29-40-42(36,37)39-27-26-33(3,4)5/h30H,6-29H2,1-5H3/p+1/t30-/m1/s1. The number of ether oxygens (including phenoxy) is 2.